The third kappa shape index (κ3) is 6.69. The number of rotatable bonds is 10. The molecule has 2 amide bonds. The lowest BCUT2D eigenvalue weighted by atomic mass is 9.87. The minimum absolute atomic E-state index is 0.0352. The van der Waals surface area contributed by atoms with Crippen molar-refractivity contribution in [1.82, 2.24) is 20.9 Å². The first kappa shape index (κ1) is 25.0. The fraction of sp³-hybridized carbons (Fsp3) is 0.583. The Labute approximate surface area is 194 Å². The molecule has 1 aliphatic heterocycles. The molecule has 1 aliphatic rings. The van der Waals surface area contributed by atoms with Crippen LogP contribution in [0.3, 0.4) is 0 Å². The second-order valence-corrected chi connectivity index (χ2v) is 10.1. The van der Waals surface area contributed by atoms with Gasteiger partial charge in [0.2, 0.25) is 5.91 Å². The minimum atomic E-state index is -0.627. The van der Waals surface area contributed by atoms with E-state index in [4.69, 9.17) is 10.5 Å². The fourth-order valence-corrected chi connectivity index (χ4v) is 4.48. The standard InChI is InChI=1S/C24H37N5O4/c1-24(2,3)12-15(13-27-18(21(25)30)10-14-8-9-26-22(14)31)28-23(32)19-11-16-17(29-19)6-5-7-20(16)33-4/h5-7,11,14-15,18,22,26-27,29,31H,8-10,12-13H2,1-4H3,(H2,25,30)(H,28,32)/t14-,15-,18-,22?/m0/s1. The largest absolute Gasteiger partial charge is 0.496 e. The second kappa shape index (κ2) is 10.5. The summed E-state index contributed by atoms with van der Waals surface area (Å²) in [6, 6.07) is 6.59. The molecular formula is C24H37N5O4. The number of aromatic nitrogens is 1. The zero-order chi connectivity index (χ0) is 24.2. The molecule has 3 rings (SSSR count). The zero-order valence-electron chi connectivity index (χ0n) is 19.9. The van der Waals surface area contributed by atoms with Gasteiger partial charge in [-0.25, -0.2) is 0 Å². The molecule has 1 aromatic heterocycles. The summed E-state index contributed by atoms with van der Waals surface area (Å²) in [7, 11) is 1.60. The summed E-state index contributed by atoms with van der Waals surface area (Å²) in [5.74, 6) is -0.0245. The summed E-state index contributed by atoms with van der Waals surface area (Å²) < 4.78 is 5.39. The number of nitrogens with one attached hydrogen (secondary N) is 4. The quantitative estimate of drug-likeness (QED) is 0.318. The van der Waals surface area contributed by atoms with Crippen molar-refractivity contribution in [2.24, 2.45) is 17.1 Å². The van der Waals surface area contributed by atoms with E-state index in [1.54, 1.807) is 13.2 Å². The lowest BCUT2D eigenvalue weighted by Crippen LogP contribution is -2.51. The lowest BCUT2D eigenvalue weighted by Gasteiger charge is -2.29. The van der Waals surface area contributed by atoms with Gasteiger partial charge in [-0.1, -0.05) is 26.8 Å². The van der Waals surface area contributed by atoms with Crippen LogP contribution >= 0.6 is 0 Å². The van der Waals surface area contributed by atoms with Crippen molar-refractivity contribution < 1.29 is 19.4 Å². The molecule has 0 spiro atoms. The highest BCUT2D eigenvalue weighted by atomic mass is 16.5. The first-order valence-corrected chi connectivity index (χ1v) is 11.5. The maximum absolute atomic E-state index is 13.1. The van der Waals surface area contributed by atoms with E-state index in [9.17, 15) is 14.7 Å². The molecule has 7 N–H and O–H groups in total. The monoisotopic (exact) mass is 459 g/mol. The average molecular weight is 460 g/mol. The molecule has 2 aromatic rings. The first-order chi connectivity index (χ1) is 15.6. The predicted octanol–water partition coefficient (Wildman–Crippen LogP) is 1.47. The third-order valence-corrected chi connectivity index (χ3v) is 6.09. The molecular weight excluding hydrogens is 422 g/mol. The molecule has 9 heteroatoms. The Morgan fingerprint density at radius 3 is 2.70 bits per heavy atom. The third-order valence-electron chi connectivity index (χ3n) is 6.09. The van der Waals surface area contributed by atoms with Gasteiger partial charge in [-0.05, 0) is 49.4 Å². The number of methoxy groups -OCH3 is 1. The molecule has 0 aliphatic carbocycles. The number of hydrogen-bond acceptors (Lipinski definition) is 6. The van der Waals surface area contributed by atoms with Gasteiger partial charge < -0.3 is 31.2 Å². The van der Waals surface area contributed by atoms with Crippen LogP contribution in [-0.4, -0.2) is 60.4 Å². The molecule has 1 aromatic carbocycles. The van der Waals surface area contributed by atoms with Crippen LogP contribution in [-0.2, 0) is 4.79 Å². The summed E-state index contributed by atoms with van der Waals surface area (Å²) in [6.45, 7) is 7.41. The fourth-order valence-electron chi connectivity index (χ4n) is 4.48. The summed E-state index contributed by atoms with van der Waals surface area (Å²) in [5.41, 5.74) is 6.85. The first-order valence-electron chi connectivity index (χ1n) is 11.5. The van der Waals surface area contributed by atoms with E-state index in [0.717, 1.165) is 23.9 Å². The highest BCUT2D eigenvalue weighted by molar-refractivity contribution is 5.99. The van der Waals surface area contributed by atoms with Crippen molar-refractivity contribution in [3.63, 3.8) is 0 Å². The van der Waals surface area contributed by atoms with Gasteiger partial charge in [-0.2, -0.15) is 0 Å². The number of aliphatic hydroxyl groups excluding tert-OH is 1. The predicted molar refractivity (Wildman–Crippen MR) is 128 cm³/mol. The van der Waals surface area contributed by atoms with Crippen LogP contribution in [0.2, 0.25) is 0 Å². The van der Waals surface area contributed by atoms with Crippen molar-refractivity contribution in [3.05, 3.63) is 30.0 Å². The number of fused-ring (bicyclic) bond motifs is 1. The zero-order valence-corrected chi connectivity index (χ0v) is 19.9. The molecule has 1 saturated heterocycles. The number of carbonyl (C=O) groups excluding carboxylic acids is 2. The molecule has 9 nitrogen and oxygen atoms in total. The molecule has 0 radical (unpaired) electrons. The normalized spacial score (nSPS) is 20.5. The number of aliphatic hydroxyl groups is 1. The van der Waals surface area contributed by atoms with Gasteiger partial charge >= 0.3 is 0 Å². The SMILES string of the molecule is COc1cccc2[nH]c(C(=O)N[C@H](CN[C@@H](C[C@@H]3CCNC3O)C(N)=O)CC(C)(C)C)cc12. The van der Waals surface area contributed by atoms with Crippen molar-refractivity contribution in [2.45, 2.75) is 58.3 Å². The van der Waals surface area contributed by atoms with Crippen LogP contribution in [0.4, 0.5) is 0 Å². The maximum Gasteiger partial charge on any atom is 0.267 e. The molecule has 33 heavy (non-hydrogen) atoms. The van der Waals surface area contributed by atoms with Gasteiger partial charge in [0.05, 0.1) is 13.2 Å². The highest BCUT2D eigenvalue weighted by Gasteiger charge is 2.30. The average Bonchev–Trinajstić information content (AvgIpc) is 3.35. The van der Waals surface area contributed by atoms with Crippen molar-refractivity contribution in [1.29, 1.82) is 0 Å². The molecule has 1 unspecified atom stereocenters. The number of amides is 2. The van der Waals surface area contributed by atoms with E-state index in [1.807, 2.05) is 18.2 Å². The molecule has 182 valence electrons. The van der Waals surface area contributed by atoms with E-state index in [1.165, 1.54) is 0 Å². The summed E-state index contributed by atoms with van der Waals surface area (Å²) in [4.78, 5) is 28.3. The van der Waals surface area contributed by atoms with E-state index in [2.05, 4.69) is 41.7 Å². The highest BCUT2D eigenvalue weighted by Crippen LogP contribution is 2.26. The van der Waals surface area contributed by atoms with Crippen LogP contribution in [0.1, 0.15) is 50.5 Å². The van der Waals surface area contributed by atoms with Gasteiger partial charge in [0, 0.05) is 29.4 Å². The van der Waals surface area contributed by atoms with Gasteiger partial charge in [0.1, 0.15) is 17.7 Å². The molecule has 2 heterocycles. The summed E-state index contributed by atoms with van der Waals surface area (Å²) in [5, 5.41) is 20.2. The second-order valence-electron chi connectivity index (χ2n) is 10.1. The van der Waals surface area contributed by atoms with Crippen LogP contribution in [0, 0.1) is 11.3 Å². The van der Waals surface area contributed by atoms with Gasteiger partial charge in [-0.15, -0.1) is 0 Å². The van der Waals surface area contributed by atoms with Crippen LogP contribution in [0.5, 0.6) is 5.75 Å². The van der Waals surface area contributed by atoms with Crippen molar-refractivity contribution in [3.8, 4) is 5.75 Å². The van der Waals surface area contributed by atoms with Gasteiger partial charge in [-0.3, -0.25) is 14.9 Å². The number of ether oxygens (including phenoxy) is 1. The van der Waals surface area contributed by atoms with Gasteiger partial charge in [0.15, 0.2) is 0 Å². The van der Waals surface area contributed by atoms with E-state index in [0.29, 0.717) is 30.8 Å². The van der Waals surface area contributed by atoms with Crippen molar-refractivity contribution in [2.75, 3.05) is 20.2 Å². The number of H-pyrrole nitrogens is 1. The van der Waals surface area contributed by atoms with E-state index < -0.39 is 18.2 Å². The van der Waals surface area contributed by atoms with Crippen molar-refractivity contribution >= 4 is 22.7 Å². The number of aromatic amines is 1. The Morgan fingerprint density at radius 2 is 2.09 bits per heavy atom. The van der Waals surface area contributed by atoms with Crippen LogP contribution < -0.4 is 26.4 Å². The minimum Gasteiger partial charge on any atom is -0.496 e. The topological polar surface area (TPSA) is 142 Å². The van der Waals surface area contributed by atoms with E-state index >= 15 is 0 Å². The molecule has 0 bridgehead atoms. The Kier molecular flexibility index (Phi) is 7.99. The van der Waals surface area contributed by atoms with E-state index in [-0.39, 0.29) is 23.3 Å². The lowest BCUT2D eigenvalue weighted by molar-refractivity contribution is -0.120. The maximum atomic E-state index is 13.1. The molecule has 4 atom stereocenters. The molecule has 0 saturated carbocycles. The van der Waals surface area contributed by atoms with Crippen LogP contribution in [0.15, 0.2) is 24.3 Å². The Balaban J connectivity index is 1.70. The Hall–Kier alpha value is -2.62. The molecule has 1 fully saturated rings. The summed E-state index contributed by atoms with van der Waals surface area (Å²) >= 11 is 0. The Morgan fingerprint density at radius 1 is 1.33 bits per heavy atom. The number of nitrogens with two attached hydrogens (primary N) is 1. The van der Waals surface area contributed by atoms with Crippen LogP contribution in [0.25, 0.3) is 10.9 Å². The smallest absolute Gasteiger partial charge is 0.267 e. The van der Waals surface area contributed by atoms with Gasteiger partial charge in [0.25, 0.3) is 5.91 Å². The number of benzene rings is 1. The number of hydrogen-bond donors (Lipinski definition) is 6. The number of carbonyl (C=O) groups is 2. The number of primary amides is 1. The summed E-state index contributed by atoms with van der Waals surface area (Å²) in [6.07, 6.45) is 1.31. The Bertz CT molecular complexity index is 967.